The smallest absolute Gasteiger partial charge is 0.261 e. The van der Waals surface area contributed by atoms with E-state index in [9.17, 15) is 14.0 Å². The van der Waals surface area contributed by atoms with Gasteiger partial charge in [-0.3, -0.25) is 9.59 Å². The lowest BCUT2D eigenvalue weighted by Crippen LogP contribution is -2.49. The SMILES string of the molecule is CCCNC(=O)[C@@H](C)N(Cc1ccc(F)cc1)C(=O)COc1ccc(C(C)C)cc1Br. The molecule has 0 spiro atoms. The fraction of sp³-hybridized carbons (Fsp3) is 0.417. The number of rotatable bonds is 10. The first kappa shape index (κ1) is 24.9. The van der Waals surface area contributed by atoms with E-state index in [4.69, 9.17) is 4.74 Å². The maximum atomic E-state index is 13.3. The minimum Gasteiger partial charge on any atom is -0.483 e. The maximum Gasteiger partial charge on any atom is 0.261 e. The predicted molar refractivity (Wildman–Crippen MR) is 123 cm³/mol. The zero-order valence-electron chi connectivity index (χ0n) is 18.5. The van der Waals surface area contributed by atoms with Crippen molar-refractivity contribution in [2.45, 2.75) is 52.6 Å². The summed E-state index contributed by atoms with van der Waals surface area (Å²) in [6, 6.07) is 11.0. The molecule has 0 aromatic heterocycles. The summed E-state index contributed by atoms with van der Waals surface area (Å²) >= 11 is 3.49. The van der Waals surface area contributed by atoms with Crippen molar-refractivity contribution in [3.05, 3.63) is 63.9 Å². The highest BCUT2D eigenvalue weighted by molar-refractivity contribution is 9.10. The lowest BCUT2D eigenvalue weighted by Gasteiger charge is -2.28. The second-order valence-electron chi connectivity index (χ2n) is 7.75. The van der Waals surface area contributed by atoms with Crippen LogP contribution in [-0.2, 0) is 16.1 Å². The van der Waals surface area contributed by atoms with Crippen molar-refractivity contribution in [3.63, 3.8) is 0 Å². The van der Waals surface area contributed by atoms with Crippen LogP contribution in [0.25, 0.3) is 0 Å². The molecular formula is C24H30BrFN2O3. The van der Waals surface area contributed by atoms with Crippen LogP contribution in [0.15, 0.2) is 46.9 Å². The Morgan fingerprint density at radius 1 is 1.13 bits per heavy atom. The van der Waals surface area contributed by atoms with Gasteiger partial charge in [-0.25, -0.2) is 4.39 Å². The summed E-state index contributed by atoms with van der Waals surface area (Å²) in [7, 11) is 0. The largest absolute Gasteiger partial charge is 0.483 e. The number of ether oxygens (including phenoxy) is 1. The van der Waals surface area contributed by atoms with Crippen LogP contribution in [0.1, 0.15) is 51.2 Å². The monoisotopic (exact) mass is 492 g/mol. The van der Waals surface area contributed by atoms with Crippen LogP contribution in [0.5, 0.6) is 5.75 Å². The molecule has 1 atom stereocenters. The molecule has 31 heavy (non-hydrogen) atoms. The molecule has 2 aromatic rings. The summed E-state index contributed by atoms with van der Waals surface area (Å²) in [5.74, 6) is 0.0136. The van der Waals surface area contributed by atoms with Gasteiger partial charge in [0.05, 0.1) is 4.47 Å². The standard InChI is InChI=1S/C24H30BrFN2O3/c1-5-12-27-24(30)17(4)28(14-18-6-9-20(26)10-7-18)23(29)15-31-22-11-8-19(16(2)3)13-21(22)25/h6-11,13,16-17H,5,12,14-15H2,1-4H3,(H,27,30)/t17-/m1/s1. The van der Waals surface area contributed by atoms with Crippen LogP contribution in [0.2, 0.25) is 0 Å². The Kier molecular flexibility index (Phi) is 9.49. The lowest BCUT2D eigenvalue weighted by atomic mass is 10.0. The van der Waals surface area contributed by atoms with E-state index in [-0.39, 0.29) is 30.8 Å². The molecule has 5 nitrogen and oxygen atoms in total. The average molecular weight is 493 g/mol. The van der Waals surface area contributed by atoms with Crippen molar-refractivity contribution in [2.75, 3.05) is 13.2 Å². The average Bonchev–Trinajstić information content (AvgIpc) is 2.75. The van der Waals surface area contributed by atoms with E-state index in [1.807, 2.05) is 25.1 Å². The molecule has 0 bridgehead atoms. The summed E-state index contributed by atoms with van der Waals surface area (Å²) in [4.78, 5) is 27.0. The van der Waals surface area contributed by atoms with Gasteiger partial charge in [0.15, 0.2) is 6.61 Å². The molecule has 168 valence electrons. The molecule has 0 aliphatic heterocycles. The molecule has 0 unspecified atom stereocenters. The Labute approximate surface area is 192 Å². The first-order chi connectivity index (χ1) is 14.7. The molecule has 2 aromatic carbocycles. The van der Waals surface area contributed by atoms with E-state index in [0.717, 1.165) is 22.0 Å². The van der Waals surface area contributed by atoms with Crippen LogP contribution in [0.4, 0.5) is 4.39 Å². The Balaban J connectivity index is 2.14. The van der Waals surface area contributed by atoms with E-state index in [0.29, 0.717) is 18.2 Å². The Bertz CT molecular complexity index is 887. The molecule has 0 fully saturated rings. The van der Waals surface area contributed by atoms with Gasteiger partial charge in [0.2, 0.25) is 5.91 Å². The zero-order chi connectivity index (χ0) is 23.0. The molecule has 1 N–H and O–H groups in total. The second kappa shape index (κ2) is 11.8. The Morgan fingerprint density at radius 2 is 1.81 bits per heavy atom. The quantitative estimate of drug-likeness (QED) is 0.505. The van der Waals surface area contributed by atoms with Gasteiger partial charge in [0.25, 0.3) is 5.91 Å². The van der Waals surface area contributed by atoms with Gasteiger partial charge >= 0.3 is 0 Å². The third-order valence-corrected chi connectivity index (χ3v) is 5.58. The molecule has 0 saturated heterocycles. The van der Waals surface area contributed by atoms with Gasteiger partial charge in [-0.15, -0.1) is 0 Å². The zero-order valence-corrected chi connectivity index (χ0v) is 20.0. The maximum absolute atomic E-state index is 13.3. The number of nitrogens with one attached hydrogen (secondary N) is 1. The van der Waals surface area contributed by atoms with Crippen LogP contribution >= 0.6 is 15.9 Å². The Hall–Kier alpha value is -2.41. The molecular weight excluding hydrogens is 463 g/mol. The fourth-order valence-electron chi connectivity index (χ4n) is 2.98. The number of carbonyl (C=O) groups excluding carboxylic acids is 2. The van der Waals surface area contributed by atoms with Crippen molar-refractivity contribution in [2.24, 2.45) is 0 Å². The van der Waals surface area contributed by atoms with E-state index in [1.54, 1.807) is 19.1 Å². The van der Waals surface area contributed by atoms with Crippen LogP contribution in [-0.4, -0.2) is 35.9 Å². The van der Waals surface area contributed by atoms with Crippen molar-refractivity contribution in [3.8, 4) is 5.75 Å². The van der Waals surface area contributed by atoms with Gasteiger partial charge < -0.3 is 15.0 Å². The number of amides is 2. The molecule has 0 heterocycles. The minimum atomic E-state index is -0.695. The lowest BCUT2D eigenvalue weighted by molar-refractivity contribution is -0.142. The summed E-state index contributed by atoms with van der Waals surface area (Å²) in [5.41, 5.74) is 1.89. The molecule has 2 amide bonds. The Morgan fingerprint density at radius 3 is 2.39 bits per heavy atom. The highest BCUT2D eigenvalue weighted by Crippen LogP contribution is 2.29. The molecule has 2 rings (SSSR count). The molecule has 0 aliphatic carbocycles. The number of benzene rings is 2. The van der Waals surface area contributed by atoms with Gasteiger partial charge in [0.1, 0.15) is 17.6 Å². The molecule has 7 heteroatoms. The fourth-order valence-corrected chi connectivity index (χ4v) is 3.49. The van der Waals surface area contributed by atoms with E-state index in [2.05, 4.69) is 35.1 Å². The number of nitrogens with zero attached hydrogens (tertiary/aromatic N) is 1. The first-order valence-corrected chi connectivity index (χ1v) is 11.3. The van der Waals surface area contributed by atoms with Crippen LogP contribution < -0.4 is 10.1 Å². The van der Waals surface area contributed by atoms with E-state index in [1.165, 1.54) is 17.0 Å². The summed E-state index contributed by atoms with van der Waals surface area (Å²) in [6.07, 6.45) is 0.799. The number of halogens is 2. The van der Waals surface area contributed by atoms with Gasteiger partial charge in [0, 0.05) is 13.1 Å². The molecule has 0 radical (unpaired) electrons. The first-order valence-electron chi connectivity index (χ1n) is 10.5. The number of hydrogen-bond donors (Lipinski definition) is 1. The normalized spacial score (nSPS) is 11.8. The van der Waals surface area contributed by atoms with Crippen LogP contribution in [0.3, 0.4) is 0 Å². The summed E-state index contributed by atoms with van der Waals surface area (Å²) < 4.78 is 19.8. The highest BCUT2D eigenvalue weighted by atomic mass is 79.9. The van der Waals surface area contributed by atoms with Crippen molar-refractivity contribution < 1.29 is 18.7 Å². The van der Waals surface area contributed by atoms with Crippen molar-refractivity contribution in [1.29, 1.82) is 0 Å². The predicted octanol–water partition coefficient (Wildman–Crippen LogP) is 5.03. The van der Waals surface area contributed by atoms with Gasteiger partial charge in [-0.05, 0) is 70.6 Å². The van der Waals surface area contributed by atoms with Crippen molar-refractivity contribution >= 4 is 27.7 Å². The third kappa shape index (κ3) is 7.35. The summed E-state index contributed by atoms with van der Waals surface area (Å²) in [5, 5.41) is 2.82. The van der Waals surface area contributed by atoms with E-state index >= 15 is 0 Å². The van der Waals surface area contributed by atoms with Crippen LogP contribution in [0, 0.1) is 5.82 Å². The number of carbonyl (C=O) groups is 2. The third-order valence-electron chi connectivity index (χ3n) is 4.96. The van der Waals surface area contributed by atoms with Gasteiger partial charge in [-0.1, -0.05) is 39.0 Å². The minimum absolute atomic E-state index is 0.177. The number of hydrogen-bond acceptors (Lipinski definition) is 3. The second-order valence-corrected chi connectivity index (χ2v) is 8.60. The molecule has 0 aliphatic rings. The molecule has 0 saturated carbocycles. The van der Waals surface area contributed by atoms with Crippen molar-refractivity contribution in [1.82, 2.24) is 10.2 Å². The topological polar surface area (TPSA) is 58.6 Å². The highest BCUT2D eigenvalue weighted by Gasteiger charge is 2.26. The van der Waals surface area contributed by atoms with Gasteiger partial charge in [-0.2, -0.15) is 0 Å². The summed E-state index contributed by atoms with van der Waals surface area (Å²) in [6.45, 7) is 8.34. The van der Waals surface area contributed by atoms with E-state index < -0.39 is 6.04 Å².